The van der Waals surface area contributed by atoms with Crippen molar-refractivity contribution >= 4 is 0 Å². The molecule has 1 heterocycles. The van der Waals surface area contributed by atoms with Crippen molar-refractivity contribution in [3.8, 4) is 0 Å². The van der Waals surface area contributed by atoms with Crippen LogP contribution in [0.25, 0.3) is 0 Å². The highest BCUT2D eigenvalue weighted by Gasteiger charge is 2.12. The third-order valence-corrected chi connectivity index (χ3v) is 3.81. The van der Waals surface area contributed by atoms with Crippen LogP contribution in [-0.4, -0.2) is 16.8 Å². The van der Waals surface area contributed by atoms with Crippen molar-refractivity contribution in [2.75, 3.05) is 7.05 Å². The topological polar surface area (TPSA) is 29.9 Å². The third-order valence-electron chi connectivity index (χ3n) is 3.81. The minimum Gasteiger partial charge on any atom is -0.311 e. The Bertz CT molecular complexity index is 552. The van der Waals surface area contributed by atoms with Crippen molar-refractivity contribution < 1.29 is 0 Å². The summed E-state index contributed by atoms with van der Waals surface area (Å²) in [6.07, 6.45) is 0. The summed E-state index contributed by atoms with van der Waals surface area (Å²) < 4.78 is 2.08. The van der Waals surface area contributed by atoms with Crippen LogP contribution in [-0.2, 0) is 6.54 Å². The van der Waals surface area contributed by atoms with Gasteiger partial charge in [0.2, 0.25) is 0 Å². The molecule has 1 aromatic heterocycles. The van der Waals surface area contributed by atoms with Gasteiger partial charge in [-0.1, -0.05) is 38.1 Å². The van der Waals surface area contributed by atoms with E-state index in [0.717, 1.165) is 12.2 Å². The van der Waals surface area contributed by atoms with Crippen molar-refractivity contribution in [2.24, 2.45) is 0 Å². The summed E-state index contributed by atoms with van der Waals surface area (Å²) in [4.78, 5) is 0. The Balaban J connectivity index is 2.17. The molecule has 2 rings (SSSR count). The van der Waals surface area contributed by atoms with Crippen molar-refractivity contribution in [3.05, 3.63) is 52.8 Å². The van der Waals surface area contributed by atoms with Crippen LogP contribution in [0.2, 0.25) is 0 Å². The van der Waals surface area contributed by atoms with Crippen molar-refractivity contribution in [1.82, 2.24) is 15.1 Å². The zero-order valence-electron chi connectivity index (χ0n) is 13.1. The molecule has 2 aromatic rings. The molecule has 0 spiro atoms. The molecule has 1 unspecified atom stereocenters. The first-order valence-corrected chi connectivity index (χ1v) is 7.29. The molecule has 0 saturated carbocycles. The van der Waals surface area contributed by atoms with E-state index in [1.165, 1.54) is 16.8 Å². The molecule has 3 heteroatoms. The molecule has 1 aromatic carbocycles. The summed E-state index contributed by atoms with van der Waals surface area (Å²) in [5.41, 5.74) is 4.98. The van der Waals surface area contributed by atoms with Crippen LogP contribution in [0.15, 0.2) is 30.3 Å². The molecule has 0 fully saturated rings. The van der Waals surface area contributed by atoms with E-state index in [2.05, 4.69) is 66.2 Å². The second-order valence-electron chi connectivity index (χ2n) is 5.77. The van der Waals surface area contributed by atoms with E-state index in [1.807, 2.05) is 14.0 Å². The zero-order valence-corrected chi connectivity index (χ0v) is 13.1. The number of hydrogen-bond donors (Lipinski definition) is 1. The summed E-state index contributed by atoms with van der Waals surface area (Å²) in [5, 5.41) is 7.94. The first-order chi connectivity index (χ1) is 9.51. The number of nitrogens with zero attached hydrogens (tertiary/aromatic N) is 2. The molecule has 0 amide bonds. The fourth-order valence-corrected chi connectivity index (χ4v) is 2.51. The van der Waals surface area contributed by atoms with E-state index < -0.39 is 0 Å². The summed E-state index contributed by atoms with van der Waals surface area (Å²) in [7, 11) is 2.01. The van der Waals surface area contributed by atoms with Gasteiger partial charge < -0.3 is 5.32 Å². The van der Waals surface area contributed by atoms with Gasteiger partial charge in [0.15, 0.2) is 0 Å². The van der Waals surface area contributed by atoms with Gasteiger partial charge in [-0.3, -0.25) is 4.68 Å². The molecule has 0 aliphatic heterocycles. The Morgan fingerprint density at radius 3 is 2.15 bits per heavy atom. The number of benzene rings is 1. The van der Waals surface area contributed by atoms with Crippen LogP contribution in [0.3, 0.4) is 0 Å². The Kier molecular flexibility index (Phi) is 4.61. The second-order valence-corrected chi connectivity index (χ2v) is 5.77. The first-order valence-electron chi connectivity index (χ1n) is 7.29. The van der Waals surface area contributed by atoms with Gasteiger partial charge in [-0.15, -0.1) is 0 Å². The Labute approximate surface area is 122 Å². The number of aryl methyl sites for hydroxylation is 2. The highest BCUT2D eigenvalue weighted by atomic mass is 15.3. The molecule has 108 valence electrons. The van der Waals surface area contributed by atoms with Gasteiger partial charge in [0.1, 0.15) is 0 Å². The zero-order chi connectivity index (χ0) is 14.7. The summed E-state index contributed by atoms with van der Waals surface area (Å²) in [6.45, 7) is 9.45. The van der Waals surface area contributed by atoms with E-state index in [9.17, 15) is 0 Å². The number of nitrogens with one attached hydrogen (secondary N) is 1. The van der Waals surface area contributed by atoms with Crippen LogP contribution in [0.1, 0.15) is 48.3 Å². The molecule has 3 nitrogen and oxygen atoms in total. The highest BCUT2D eigenvalue weighted by Crippen LogP contribution is 2.20. The predicted octanol–water partition coefficient (Wildman–Crippen LogP) is 3.58. The van der Waals surface area contributed by atoms with Crippen molar-refractivity contribution in [3.63, 3.8) is 0 Å². The van der Waals surface area contributed by atoms with Crippen LogP contribution >= 0.6 is 0 Å². The molecule has 0 aliphatic rings. The van der Waals surface area contributed by atoms with Gasteiger partial charge in [-0.25, -0.2) is 0 Å². The van der Waals surface area contributed by atoms with Gasteiger partial charge in [0, 0.05) is 5.69 Å². The molecule has 0 radical (unpaired) electrons. The van der Waals surface area contributed by atoms with Crippen LogP contribution in [0, 0.1) is 13.8 Å². The summed E-state index contributed by atoms with van der Waals surface area (Å²) >= 11 is 0. The molecular weight excluding hydrogens is 246 g/mol. The summed E-state index contributed by atoms with van der Waals surface area (Å²) in [6, 6.07) is 11.3. The van der Waals surface area contributed by atoms with Gasteiger partial charge in [0.05, 0.1) is 18.3 Å². The van der Waals surface area contributed by atoms with Crippen LogP contribution in [0.4, 0.5) is 0 Å². The number of likely N-dealkylation sites (N-methyl/N-ethyl adjacent to an activating group) is 1. The van der Waals surface area contributed by atoms with Gasteiger partial charge in [0.25, 0.3) is 0 Å². The summed E-state index contributed by atoms with van der Waals surface area (Å²) in [5.74, 6) is 0.577. The van der Waals surface area contributed by atoms with E-state index in [-0.39, 0.29) is 6.04 Å². The Morgan fingerprint density at radius 1 is 1.10 bits per heavy atom. The highest BCUT2D eigenvalue weighted by molar-refractivity contribution is 5.27. The maximum absolute atomic E-state index is 4.55. The monoisotopic (exact) mass is 271 g/mol. The number of hydrogen-bond acceptors (Lipinski definition) is 2. The Morgan fingerprint density at radius 2 is 1.70 bits per heavy atom. The molecule has 20 heavy (non-hydrogen) atoms. The lowest BCUT2D eigenvalue weighted by molar-refractivity contribution is 0.460. The lowest BCUT2D eigenvalue weighted by Gasteiger charge is -2.18. The van der Waals surface area contributed by atoms with Gasteiger partial charge >= 0.3 is 0 Å². The molecule has 0 bridgehead atoms. The normalized spacial score (nSPS) is 12.9. The number of rotatable bonds is 5. The molecule has 1 atom stereocenters. The molecular formula is C17H25N3. The van der Waals surface area contributed by atoms with Crippen LogP contribution < -0.4 is 5.32 Å². The number of aromatic nitrogens is 2. The largest absolute Gasteiger partial charge is 0.311 e. The lowest BCUT2D eigenvalue weighted by atomic mass is 9.99. The third kappa shape index (κ3) is 3.28. The molecule has 1 N–H and O–H groups in total. The predicted molar refractivity (Wildman–Crippen MR) is 84.0 cm³/mol. The average Bonchev–Trinajstić information content (AvgIpc) is 2.74. The maximum atomic E-state index is 4.55. The standard InChI is InChI=1S/C17H25N3/c1-12(2)15-6-8-16(9-7-15)17(18-5)11-20-14(4)10-13(3)19-20/h6-10,12,17-18H,11H2,1-5H3. The molecule has 0 aliphatic carbocycles. The van der Waals surface area contributed by atoms with Gasteiger partial charge in [-0.05, 0) is 44.0 Å². The maximum Gasteiger partial charge on any atom is 0.0607 e. The molecule has 0 saturated heterocycles. The van der Waals surface area contributed by atoms with E-state index in [4.69, 9.17) is 0 Å². The minimum atomic E-state index is 0.286. The Hall–Kier alpha value is -1.61. The first kappa shape index (κ1) is 14.8. The second kappa shape index (κ2) is 6.23. The van der Waals surface area contributed by atoms with Crippen molar-refractivity contribution in [1.29, 1.82) is 0 Å². The fraction of sp³-hybridized carbons (Fsp3) is 0.471. The van der Waals surface area contributed by atoms with Crippen molar-refractivity contribution in [2.45, 2.75) is 46.2 Å². The van der Waals surface area contributed by atoms with Gasteiger partial charge in [-0.2, -0.15) is 5.10 Å². The SMILES string of the molecule is CNC(Cn1nc(C)cc1C)c1ccc(C(C)C)cc1. The smallest absolute Gasteiger partial charge is 0.0607 e. The van der Waals surface area contributed by atoms with E-state index >= 15 is 0 Å². The van der Waals surface area contributed by atoms with E-state index in [0.29, 0.717) is 5.92 Å². The van der Waals surface area contributed by atoms with E-state index in [1.54, 1.807) is 0 Å². The lowest BCUT2D eigenvalue weighted by Crippen LogP contribution is -2.23. The minimum absolute atomic E-state index is 0.286. The average molecular weight is 271 g/mol. The van der Waals surface area contributed by atoms with Crippen LogP contribution in [0.5, 0.6) is 0 Å². The fourth-order valence-electron chi connectivity index (χ4n) is 2.51. The quantitative estimate of drug-likeness (QED) is 0.900.